The standard InChI is InChI=1S/C19H17NO/c1-14(21)17-7-4-5-15(13-17)9-11-18-12-10-16-6-2-3-8-19(16)20-18/h2-14,21H,1H3. The molecule has 0 bridgehead atoms. The van der Waals surface area contributed by atoms with Gasteiger partial charge in [0.25, 0.3) is 0 Å². The van der Waals surface area contributed by atoms with Gasteiger partial charge in [-0.25, -0.2) is 4.98 Å². The van der Waals surface area contributed by atoms with Crippen molar-refractivity contribution in [1.82, 2.24) is 4.98 Å². The van der Waals surface area contributed by atoms with Gasteiger partial charge in [-0.15, -0.1) is 0 Å². The highest BCUT2D eigenvalue weighted by molar-refractivity contribution is 5.80. The van der Waals surface area contributed by atoms with E-state index >= 15 is 0 Å². The summed E-state index contributed by atoms with van der Waals surface area (Å²) in [6, 6.07) is 20.1. The topological polar surface area (TPSA) is 33.1 Å². The minimum Gasteiger partial charge on any atom is -0.389 e. The molecule has 0 saturated carbocycles. The SMILES string of the molecule is CC(O)c1cccc(C=Cc2ccc3ccccc3n2)c1. The molecule has 0 aliphatic carbocycles. The molecule has 0 amide bonds. The molecule has 0 saturated heterocycles. The lowest BCUT2D eigenvalue weighted by atomic mass is 10.1. The van der Waals surface area contributed by atoms with Crippen LogP contribution in [0.1, 0.15) is 29.8 Å². The fourth-order valence-electron chi connectivity index (χ4n) is 2.28. The molecule has 0 fully saturated rings. The van der Waals surface area contributed by atoms with Crippen molar-refractivity contribution in [3.63, 3.8) is 0 Å². The number of para-hydroxylation sites is 1. The van der Waals surface area contributed by atoms with Gasteiger partial charge in [0.15, 0.2) is 0 Å². The highest BCUT2D eigenvalue weighted by atomic mass is 16.3. The Bertz CT molecular complexity index is 790. The zero-order chi connectivity index (χ0) is 14.7. The van der Waals surface area contributed by atoms with E-state index in [1.54, 1.807) is 6.92 Å². The average molecular weight is 275 g/mol. The minimum absolute atomic E-state index is 0.447. The first kappa shape index (κ1) is 13.5. The van der Waals surface area contributed by atoms with Crippen molar-refractivity contribution < 1.29 is 5.11 Å². The third-order valence-corrected chi connectivity index (χ3v) is 3.46. The number of pyridine rings is 1. The number of aromatic nitrogens is 1. The van der Waals surface area contributed by atoms with E-state index in [1.165, 1.54) is 0 Å². The van der Waals surface area contributed by atoms with Crippen LogP contribution in [0.25, 0.3) is 23.1 Å². The summed E-state index contributed by atoms with van der Waals surface area (Å²) in [6.45, 7) is 1.77. The van der Waals surface area contributed by atoms with Crippen molar-refractivity contribution in [3.8, 4) is 0 Å². The molecule has 1 N–H and O–H groups in total. The first-order valence-electron chi connectivity index (χ1n) is 7.04. The van der Waals surface area contributed by atoms with E-state index in [-0.39, 0.29) is 0 Å². The third-order valence-electron chi connectivity index (χ3n) is 3.46. The van der Waals surface area contributed by atoms with Gasteiger partial charge in [-0.05, 0) is 42.3 Å². The van der Waals surface area contributed by atoms with Crippen LogP contribution < -0.4 is 0 Å². The largest absolute Gasteiger partial charge is 0.389 e. The molecule has 3 aromatic rings. The second-order valence-electron chi connectivity index (χ2n) is 5.11. The van der Waals surface area contributed by atoms with E-state index in [2.05, 4.69) is 17.1 Å². The molecular weight excluding hydrogens is 258 g/mol. The molecule has 1 heterocycles. The maximum Gasteiger partial charge on any atom is 0.0762 e. The van der Waals surface area contributed by atoms with E-state index in [0.717, 1.165) is 27.7 Å². The number of rotatable bonds is 3. The van der Waals surface area contributed by atoms with Crippen molar-refractivity contribution in [2.24, 2.45) is 0 Å². The van der Waals surface area contributed by atoms with Crippen molar-refractivity contribution in [1.29, 1.82) is 0 Å². The van der Waals surface area contributed by atoms with E-state index < -0.39 is 6.10 Å². The molecule has 2 heteroatoms. The quantitative estimate of drug-likeness (QED) is 0.765. The molecule has 1 aromatic heterocycles. The maximum atomic E-state index is 9.62. The van der Waals surface area contributed by atoms with E-state index in [1.807, 2.05) is 60.7 Å². The molecule has 0 radical (unpaired) electrons. The normalized spacial score (nSPS) is 12.9. The minimum atomic E-state index is -0.447. The summed E-state index contributed by atoms with van der Waals surface area (Å²) < 4.78 is 0. The number of fused-ring (bicyclic) bond motifs is 1. The van der Waals surface area contributed by atoms with Gasteiger partial charge in [0.05, 0.1) is 17.3 Å². The van der Waals surface area contributed by atoms with Crippen LogP contribution in [0, 0.1) is 0 Å². The van der Waals surface area contributed by atoms with Gasteiger partial charge < -0.3 is 5.11 Å². The lowest BCUT2D eigenvalue weighted by molar-refractivity contribution is 0.199. The fraction of sp³-hybridized carbons (Fsp3) is 0.105. The molecule has 1 atom stereocenters. The summed E-state index contributed by atoms with van der Waals surface area (Å²) in [5.41, 5.74) is 3.90. The van der Waals surface area contributed by atoms with Crippen LogP contribution in [-0.4, -0.2) is 10.1 Å². The van der Waals surface area contributed by atoms with Gasteiger partial charge >= 0.3 is 0 Å². The number of nitrogens with zero attached hydrogens (tertiary/aromatic N) is 1. The molecular formula is C19H17NO. The average Bonchev–Trinajstić information content (AvgIpc) is 2.53. The van der Waals surface area contributed by atoms with Crippen LogP contribution in [-0.2, 0) is 0 Å². The van der Waals surface area contributed by atoms with Gasteiger partial charge in [-0.1, -0.05) is 48.5 Å². The molecule has 0 aliphatic heterocycles. The smallest absolute Gasteiger partial charge is 0.0762 e. The maximum absolute atomic E-state index is 9.62. The van der Waals surface area contributed by atoms with Crippen molar-refractivity contribution in [3.05, 3.63) is 77.5 Å². The van der Waals surface area contributed by atoms with Gasteiger partial charge in [-0.3, -0.25) is 0 Å². The molecule has 1 unspecified atom stereocenters. The Morgan fingerprint density at radius 1 is 0.952 bits per heavy atom. The van der Waals surface area contributed by atoms with E-state index in [4.69, 9.17) is 0 Å². The zero-order valence-electron chi connectivity index (χ0n) is 11.9. The van der Waals surface area contributed by atoms with Crippen molar-refractivity contribution >= 4 is 23.1 Å². The zero-order valence-corrected chi connectivity index (χ0v) is 11.9. The number of hydrogen-bond acceptors (Lipinski definition) is 2. The Labute approximate surface area is 124 Å². The highest BCUT2D eigenvalue weighted by Crippen LogP contribution is 2.17. The van der Waals surface area contributed by atoms with Gasteiger partial charge in [0, 0.05) is 5.39 Å². The van der Waals surface area contributed by atoms with Crippen molar-refractivity contribution in [2.45, 2.75) is 13.0 Å². The van der Waals surface area contributed by atoms with E-state index in [0.29, 0.717) is 0 Å². The van der Waals surface area contributed by atoms with Crippen LogP contribution in [0.15, 0.2) is 60.7 Å². The monoisotopic (exact) mass is 275 g/mol. The second kappa shape index (κ2) is 5.90. The molecule has 0 aliphatic rings. The van der Waals surface area contributed by atoms with Crippen LogP contribution >= 0.6 is 0 Å². The summed E-state index contributed by atoms with van der Waals surface area (Å²) in [6.07, 6.45) is 3.56. The predicted octanol–water partition coefficient (Wildman–Crippen LogP) is 4.46. The second-order valence-corrected chi connectivity index (χ2v) is 5.11. The number of benzene rings is 2. The number of aliphatic hydroxyl groups excluding tert-OH is 1. The molecule has 2 aromatic carbocycles. The van der Waals surface area contributed by atoms with Gasteiger partial charge in [-0.2, -0.15) is 0 Å². The summed E-state index contributed by atoms with van der Waals surface area (Å²) in [4.78, 5) is 4.61. The Balaban J connectivity index is 1.88. The summed E-state index contributed by atoms with van der Waals surface area (Å²) in [5.74, 6) is 0. The van der Waals surface area contributed by atoms with E-state index in [9.17, 15) is 5.11 Å². The summed E-state index contributed by atoms with van der Waals surface area (Å²) in [5, 5.41) is 10.8. The molecule has 3 rings (SSSR count). The molecule has 2 nitrogen and oxygen atoms in total. The molecule has 21 heavy (non-hydrogen) atoms. The molecule has 104 valence electrons. The third kappa shape index (κ3) is 3.18. The summed E-state index contributed by atoms with van der Waals surface area (Å²) >= 11 is 0. The fourth-order valence-corrected chi connectivity index (χ4v) is 2.28. The van der Waals surface area contributed by atoms with Crippen LogP contribution in [0.5, 0.6) is 0 Å². The Morgan fingerprint density at radius 3 is 2.67 bits per heavy atom. The first-order valence-corrected chi connectivity index (χ1v) is 7.04. The Morgan fingerprint density at radius 2 is 1.81 bits per heavy atom. The summed E-state index contributed by atoms with van der Waals surface area (Å²) in [7, 11) is 0. The number of aliphatic hydroxyl groups is 1. The Kier molecular flexibility index (Phi) is 3.80. The van der Waals surface area contributed by atoms with Gasteiger partial charge in [0.1, 0.15) is 0 Å². The van der Waals surface area contributed by atoms with Crippen LogP contribution in [0.4, 0.5) is 0 Å². The van der Waals surface area contributed by atoms with Crippen molar-refractivity contribution in [2.75, 3.05) is 0 Å². The van der Waals surface area contributed by atoms with Crippen LogP contribution in [0.3, 0.4) is 0 Å². The van der Waals surface area contributed by atoms with Crippen LogP contribution in [0.2, 0.25) is 0 Å². The Hall–Kier alpha value is -2.45. The highest BCUT2D eigenvalue weighted by Gasteiger charge is 2.00. The lowest BCUT2D eigenvalue weighted by Crippen LogP contribution is -1.90. The predicted molar refractivity (Wildman–Crippen MR) is 87.7 cm³/mol. The number of hydrogen-bond donors (Lipinski definition) is 1. The van der Waals surface area contributed by atoms with Gasteiger partial charge in [0.2, 0.25) is 0 Å². The first-order chi connectivity index (χ1) is 10.2. The lowest BCUT2D eigenvalue weighted by Gasteiger charge is -2.04. The molecule has 0 spiro atoms.